The summed E-state index contributed by atoms with van der Waals surface area (Å²) in [5, 5.41) is 0. The van der Waals surface area contributed by atoms with E-state index in [-0.39, 0.29) is 0 Å². The highest BCUT2D eigenvalue weighted by Gasteiger charge is 2.02. The number of benzene rings is 2. The van der Waals surface area contributed by atoms with Gasteiger partial charge in [-0.15, -0.1) is 0 Å². The van der Waals surface area contributed by atoms with Crippen LogP contribution >= 0.6 is 0 Å². The zero-order valence-electron chi connectivity index (χ0n) is 12.6. The van der Waals surface area contributed by atoms with Gasteiger partial charge >= 0.3 is 0 Å². The normalized spacial score (nSPS) is 12.3. The van der Waals surface area contributed by atoms with Gasteiger partial charge in [0.15, 0.2) is 0 Å². The van der Waals surface area contributed by atoms with Crippen LogP contribution in [0.1, 0.15) is 42.0 Å². The molecule has 0 unspecified atom stereocenters. The molecule has 3 rings (SSSR count). The Bertz CT molecular complexity index is 550. The number of fused-ring (bicyclic) bond motifs is 1. The summed E-state index contributed by atoms with van der Waals surface area (Å²) in [6.45, 7) is 4.34. The second-order valence-electron chi connectivity index (χ2n) is 5.38. The molecule has 0 saturated carbocycles. The van der Waals surface area contributed by atoms with Crippen LogP contribution in [0.2, 0.25) is 0 Å². The SMILES string of the molecule is CCCc1ccccc1.Cc1ccc2c(c1)C=CCC2. The van der Waals surface area contributed by atoms with E-state index in [9.17, 15) is 0 Å². The first kappa shape index (κ1) is 14.6. The van der Waals surface area contributed by atoms with Crippen molar-refractivity contribution in [1.82, 2.24) is 0 Å². The van der Waals surface area contributed by atoms with Crippen molar-refractivity contribution in [3.63, 3.8) is 0 Å². The molecular formula is C20H24. The van der Waals surface area contributed by atoms with Crippen molar-refractivity contribution >= 4 is 6.08 Å². The van der Waals surface area contributed by atoms with Crippen molar-refractivity contribution < 1.29 is 0 Å². The van der Waals surface area contributed by atoms with Crippen molar-refractivity contribution in [3.05, 3.63) is 76.9 Å². The number of hydrogen-bond donors (Lipinski definition) is 0. The van der Waals surface area contributed by atoms with Crippen LogP contribution < -0.4 is 0 Å². The van der Waals surface area contributed by atoms with Crippen LogP contribution in [0.4, 0.5) is 0 Å². The Kier molecular flexibility index (Phi) is 5.61. The molecule has 0 aromatic heterocycles. The Labute approximate surface area is 123 Å². The van der Waals surface area contributed by atoms with Crippen molar-refractivity contribution in [2.75, 3.05) is 0 Å². The summed E-state index contributed by atoms with van der Waals surface area (Å²) in [7, 11) is 0. The van der Waals surface area contributed by atoms with E-state index in [1.165, 1.54) is 47.9 Å². The fourth-order valence-corrected chi connectivity index (χ4v) is 2.48. The van der Waals surface area contributed by atoms with E-state index >= 15 is 0 Å². The van der Waals surface area contributed by atoms with Crippen molar-refractivity contribution in [2.45, 2.75) is 39.5 Å². The summed E-state index contributed by atoms with van der Waals surface area (Å²) in [4.78, 5) is 0. The summed E-state index contributed by atoms with van der Waals surface area (Å²) < 4.78 is 0. The highest BCUT2D eigenvalue weighted by atomic mass is 14.1. The zero-order chi connectivity index (χ0) is 14.2. The Morgan fingerprint density at radius 2 is 1.80 bits per heavy atom. The predicted octanol–water partition coefficient (Wildman–Crippen LogP) is 5.59. The molecule has 104 valence electrons. The molecule has 0 bridgehead atoms. The van der Waals surface area contributed by atoms with Gasteiger partial charge in [0.25, 0.3) is 0 Å². The van der Waals surface area contributed by atoms with Crippen molar-refractivity contribution in [1.29, 1.82) is 0 Å². The van der Waals surface area contributed by atoms with Crippen LogP contribution in [0.25, 0.3) is 6.08 Å². The minimum Gasteiger partial charge on any atom is -0.0836 e. The summed E-state index contributed by atoms with van der Waals surface area (Å²) in [5.74, 6) is 0. The lowest BCUT2D eigenvalue weighted by Crippen LogP contribution is -1.93. The first-order chi connectivity index (χ1) is 9.79. The van der Waals surface area contributed by atoms with Gasteiger partial charge in [-0.1, -0.05) is 79.6 Å². The average molecular weight is 264 g/mol. The lowest BCUT2D eigenvalue weighted by molar-refractivity contribution is 0.922. The first-order valence-corrected chi connectivity index (χ1v) is 7.59. The van der Waals surface area contributed by atoms with Gasteiger partial charge in [-0.2, -0.15) is 0 Å². The molecule has 0 aliphatic heterocycles. The highest BCUT2D eigenvalue weighted by molar-refractivity contribution is 5.57. The second kappa shape index (κ2) is 7.69. The molecule has 0 amide bonds. The summed E-state index contributed by atoms with van der Waals surface area (Å²) in [5.41, 5.74) is 5.71. The van der Waals surface area contributed by atoms with Crippen LogP contribution in [0.5, 0.6) is 0 Å². The summed E-state index contributed by atoms with van der Waals surface area (Å²) in [6, 6.07) is 17.3. The average Bonchev–Trinajstić information content (AvgIpc) is 2.49. The maximum atomic E-state index is 2.25. The molecule has 0 N–H and O–H groups in total. The van der Waals surface area contributed by atoms with Gasteiger partial charge < -0.3 is 0 Å². The molecule has 1 aliphatic carbocycles. The predicted molar refractivity (Wildman–Crippen MR) is 89.0 cm³/mol. The van der Waals surface area contributed by atoms with Gasteiger partial charge in [0.2, 0.25) is 0 Å². The molecule has 0 saturated heterocycles. The maximum Gasteiger partial charge on any atom is -0.0225 e. The van der Waals surface area contributed by atoms with E-state index in [1.807, 2.05) is 0 Å². The Hall–Kier alpha value is -1.82. The third kappa shape index (κ3) is 4.38. The van der Waals surface area contributed by atoms with Crippen LogP contribution in [-0.2, 0) is 12.8 Å². The smallest absolute Gasteiger partial charge is 0.0225 e. The molecule has 0 atom stereocenters. The fourth-order valence-electron chi connectivity index (χ4n) is 2.48. The molecule has 1 aliphatic rings. The van der Waals surface area contributed by atoms with Gasteiger partial charge in [0.05, 0.1) is 0 Å². The molecule has 0 fully saturated rings. The van der Waals surface area contributed by atoms with E-state index < -0.39 is 0 Å². The van der Waals surface area contributed by atoms with Crippen LogP contribution in [0.3, 0.4) is 0 Å². The molecule has 2 aromatic rings. The van der Waals surface area contributed by atoms with E-state index in [0.717, 1.165) is 0 Å². The highest BCUT2D eigenvalue weighted by Crippen LogP contribution is 2.19. The molecule has 0 spiro atoms. The van der Waals surface area contributed by atoms with E-state index in [2.05, 4.69) is 74.5 Å². The minimum atomic E-state index is 1.20. The Morgan fingerprint density at radius 3 is 2.55 bits per heavy atom. The minimum absolute atomic E-state index is 1.20. The van der Waals surface area contributed by atoms with Crippen LogP contribution in [0, 0.1) is 6.92 Å². The molecule has 0 nitrogen and oxygen atoms in total. The van der Waals surface area contributed by atoms with Crippen molar-refractivity contribution in [3.8, 4) is 0 Å². The van der Waals surface area contributed by atoms with E-state index in [0.29, 0.717) is 0 Å². The monoisotopic (exact) mass is 264 g/mol. The second-order valence-corrected chi connectivity index (χ2v) is 5.38. The Balaban J connectivity index is 0.000000151. The topological polar surface area (TPSA) is 0 Å². The van der Waals surface area contributed by atoms with Gasteiger partial charge in [0.1, 0.15) is 0 Å². The number of allylic oxidation sites excluding steroid dienone is 1. The number of aryl methyl sites for hydroxylation is 3. The molecule has 0 heteroatoms. The van der Waals surface area contributed by atoms with E-state index in [1.54, 1.807) is 0 Å². The third-order valence-electron chi connectivity index (χ3n) is 3.56. The van der Waals surface area contributed by atoms with Crippen LogP contribution in [-0.4, -0.2) is 0 Å². The molecule has 2 aromatic carbocycles. The lowest BCUT2D eigenvalue weighted by Gasteiger charge is -2.09. The largest absolute Gasteiger partial charge is 0.0836 e. The van der Waals surface area contributed by atoms with E-state index in [4.69, 9.17) is 0 Å². The van der Waals surface area contributed by atoms with Gasteiger partial charge in [-0.25, -0.2) is 0 Å². The fraction of sp³-hybridized carbons (Fsp3) is 0.300. The third-order valence-corrected chi connectivity index (χ3v) is 3.56. The van der Waals surface area contributed by atoms with Crippen molar-refractivity contribution in [2.24, 2.45) is 0 Å². The van der Waals surface area contributed by atoms with Gasteiger partial charge in [0, 0.05) is 0 Å². The molecular weight excluding hydrogens is 240 g/mol. The number of hydrogen-bond acceptors (Lipinski definition) is 0. The molecule has 20 heavy (non-hydrogen) atoms. The maximum absolute atomic E-state index is 2.25. The van der Waals surface area contributed by atoms with Gasteiger partial charge in [-0.3, -0.25) is 0 Å². The number of rotatable bonds is 2. The quantitative estimate of drug-likeness (QED) is 0.663. The summed E-state index contributed by atoms with van der Waals surface area (Å²) >= 11 is 0. The lowest BCUT2D eigenvalue weighted by atomic mass is 9.96. The zero-order valence-corrected chi connectivity index (χ0v) is 12.6. The van der Waals surface area contributed by atoms with Crippen LogP contribution in [0.15, 0.2) is 54.6 Å². The summed E-state index contributed by atoms with van der Waals surface area (Å²) in [6.07, 6.45) is 9.35. The molecule has 0 heterocycles. The Morgan fingerprint density at radius 1 is 1.00 bits per heavy atom. The van der Waals surface area contributed by atoms with Gasteiger partial charge in [-0.05, 0) is 42.9 Å². The standard InChI is InChI=1S/C11H12.C9H12/c1-9-6-7-10-4-2-3-5-11(10)8-9;1-2-6-9-7-4-3-5-8-9/h3,5-8H,2,4H2,1H3;3-5,7-8H,2,6H2,1H3. The molecule has 0 radical (unpaired) electrons. The first-order valence-electron chi connectivity index (χ1n) is 7.59.